The molecule has 2 N–H and O–H groups in total. The first-order valence-corrected chi connectivity index (χ1v) is 4.11. The number of amides is 1. The first-order valence-electron chi connectivity index (χ1n) is 4.11. The van der Waals surface area contributed by atoms with Gasteiger partial charge in [0, 0.05) is 7.05 Å². The summed E-state index contributed by atoms with van der Waals surface area (Å²) in [6, 6.07) is -0.458. The molecule has 0 bridgehead atoms. The zero-order valence-electron chi connectivity index (χ0n) is 8.20. The third kappa shape index (κ3) is 2.79. The summed E-state index contributed by atoms with van der Waals surface area (Å²) in [4.78, 5) is 16.1. The van der Waals surface area contributed by atoms with Crippen LogP contribution in [0.15, 0.2) is 0 Å². The first-order chi connectivity index (χ1) is 5.54. The molecule has 0 fully saturated rings. The topological polar surface area (TPSA) is 55.6 Å². The van der Waals surface area contributed by atoms with E-state index in [1.165, 1.54) is 7.11 Å². The van der Waals surface area contributed by atoms with Crippen molar-refractivity contribution in [1.82, 2.24) is 5.06 Å². The van der Waals surface area contributed by atoms with Crippen LogP contribution in [0.1, 0.15) is 20.3 Å². The van der Waals surface area contributed by atoms with E-state index < -0.39 is 6.04 Å². The van der Waals surface area contributed by atoms with Crippen molar-refractivity contribution in [2.45, 2.75) is 26.3 Å². The van der Waals surface area contributed by atoms with Gasteiger partial charge in [0.15, 0.2) is 0 Å². The van der Waals surface area contributed by atoms with Gasteiger partial charge in [0.25, 0.3) is 5.91 Å². The Balaban J connectivity index is 4.09. The first kappa shape index (κ1) is 11.4. The summed E-state index contributed by atoms with van der Waals surface area (Å²) >= 11 is 0. The zero-order valence-corrected chi connectivity index (χ0v) is 8.20. The van der Waals surface area contributed by atoms with Crippen LogP contribution in [-0.2, 0) is 9.63 Å². The minimum atomic E-state index is -0.458. The molecule has 0 heterocycles. The van der Waals surface area contributed by atoms with Crippen molar-refractivity contribution in [2.24, 2.45) is 11.7 Å². The van der Waals surface area contributed by atoms with Gasteiger partial charge in [-0.1, -0.05) is 20.3 Å². The van der Waals surface area contributed by atoms with E-state index in [1.54, 1.807) is 7.05 Å². The summed E-state index contributed by atoms with van der Waals surface area (Å²) < 4.78 is 0. The quantitative estimate of drug-likeness (QED) is 0.627. The molecule has 0 aromatic rings. The highest BCUT2D eigenvalue weighted by atomic mass is 16.7. The fourth-order valence-electron chi connectivity index (χ4n) is 0.797. The average Bonchev–Trinajstić information content (AvgIpc) is 2.12. The highest BCUT2D eigenvalue weighted by Crippen LogP contribution is 2.07. The van der Waals surface area contributed by atoms with Crippen molar-refractivity contribution in [3.63, 3.8) is 0 Å². The van der Waals surface area contributed by atoms with Crippen LogP contribution in [-0.4, -0.2) is 31.2 Å². The standard InChI is InChI=1S/C8H18N2O2/c1-5-6(2)7(9)8(11)10(3)12-4/h6-7H,5,9H2,1-4H3/t6?,7-/m0/s1. The molecule has 0 aliphatic rings. The van der Waals surface area contributed by atoms with Crippen molar-refractivity contribution in [1.29, 1.82) is 0 Å². The number of hydrogen-bond donors (Lipinski definition) is 1. The van der Waals surface area contributed by atoms with Crippen LogP contribution in [0.2, 0.25) is 0 Å². The van der Waals surface area contributed by atoms with E-state index in [-0.39, 0.29) is 11.8 Å². The second kappa shape index (κ2) is 5.11. The van der Waals surface area contributed by atoms with Crippen molar-refractivity contribution < 1.29 is 9.63 Å². The summed E-state index contributed by atoms with van der Waals surface area (Å²) in [5, 5.41) is 1.16. The molecule has 1 amide bonds. The number of rotatable bonds is 4. The molecule has 0 rings (SSSR count). The van der Waals surface area contributed by atoms with Gasteiger partial charge in [-0.05, 0) is 5.92 Å². The van der Waals surface area contributed by atoms with E-state index in [4.69, 9.17) is 10.6 Å². The molecule has 72 valence electrons. The molecule has 12 heavy (non-hydrogen) atoms. The number of nitrogens with two attached hydrogens (primary N) is 1. The fourth-order valence-corrected chi connectivity index (χ4v) is 0.797. The molecule has 0 saturated carbocycles. The SMILES string of the molecule is CCC(C)[C@H](N)C(=O)N(C)OC. The molecule has 4 heteroatoms. The summed E-state index contributed by atoms with van der Waals surface area (Å²) in [6.07, 6.45) is 0.893. The van der Waals surface area contributed by atoms with Gasteiger partial charge in [-0.15, -0.1) is 0 Å². The van der Waals surface area contributed by atoms with E-state index >= 15 is 0 Å². The summed E-state index contributed by atoms with van der Waals surface area (Å²) in [5.41, 5.74) is 5.68. The normalized spacial score (nSPS) is 15.4. The molecule has 0 aliphatic heterocycles. The second-order valence-corrected chi connectivity index (χ2v) is 2.93. The van der Waals surface area contributed by atoms with Crippen LogP contribution in [0.4, 0.5) is 0 Å². The van der Waals surface area contributed by atoms with Gasteiger partial charge in [0.05, 0.1) is 13.2 Å². The smallest absolute Gasteiger partial charge is 0.263 e. The van der Waals surface area contributed by atoms with Crippen molar-refractivity contribution in [2.75, 3.05) is 14.2 Å². The summed E-state index contributed by atoms with van der Waals surface area (Å²) in [7, 11) is 3.01. The van der Waals surface area contributed by atoms with E-state index in [0.29, 0.717) is 0 Å². The van der Waals surface area contributed by atoms with Crippen LogP contribution in [0.5, 0.6) is 0 Å². The Morgan fingerprint density at radius 2 is 2.17 bits per heavy atom. The van der Waals surface area contributed by atoms with Crippen LogP contribution in [0.3, 0.4) is 0 Å². The van der Waals surface area contributed by atoms with Crippen molar-refractivity contribution in [3.8, 4) is 0 Å². The molecule has 0 aromatic heterocycles. The zero-order chi connectivity index (χ0) is 9.72. The minimum absolute atomic E-state index is 0.174. The molecule has 0 aromatic carbocycles. The minimum Gasteiger partial charge on any atom is -0.320 e. The van der Waals surface area contributed by atoms with Crippen LogP contribution in [0.25, 0.3) is 0 Å². The van der Waals surface area contributed by atoms with Crippen molar-refractivity contribution in [3.05, 3.63) is 0 Å². The molecule has 4 nitrogen and oxygen atoms in total. The maximum Gasteiger partial charge on any atom is 0.263 e. The largest absolute Gasteiger partial charge is 0.320 e. The van der Waals surface area contributed by atoms with E-state index in [1.807, 2.05) is 13.8 Å². The van der Waals surface area contributed by atoms with Crippen LogP contribution >= 0.6 is 0 Å². The molecular weight excluding hydrogens is 156 g/mol. The lowest BCUT2D eigenvalue weighted by Gasteiger charge is -2.22. The molecule has 2 atom stereocenters. The predicted molar refractivity (Wildman–Crippen MR) is 47.2 cm³/mol. The highest BCUT2D eigenvalue weighted by Gasteiger charge is 2.22. The molecule has 0 aliphatic carbocycles. The molecule has 0 radical (unpaired) electrons. The van der Waals surface area contributed by atoms with Gasteiger partial charge in [-0.3, -0.25) is 9.63 Å². The van der Waals surface area contributed by atoms with Gasteiger partial charge in [-0.2, -0.15) is 0 Å². The Morgan fingerprint density at radius 3 is 2.50 bits per heavy atom. The molecule has 0 spiro atoms. The van der Waals surface area contributed by atoms with E-state index in [9.17, 15) is 4.79 Å². The van der Waals surface area contributed by atoms with Gasteiger partial charge in [0.2, 0.25) is 0 Å². The lowest BCUT2D eigenvalue weighted by Crippen LogP contribution is -2.44. The number of hydroxylamine groups is 2. The Bertz CT molecular complexity index is 150. The van der Waals surface area contributed by atoms with Crippen molar-refractivity contribution >= 4 is 5.91 Å². The molecule has 1 unspecified atom stereocenters. The van der Waals surface area contributed by atoms with E-state index in [0.717, 1.165) is 11.5 Å². The molecular formula is C8H18N2O2. The average molecular weight is 174 g/mol. The highest BCUT2D eigenvalue weighted by molar-refractivity contribution is 5.80. The number of likely N-dealkylation sites (N-methyl/N-ethyl adjacent to an activating group) is 1. The summed E-state index contributed by atoms with van der Waals surface area (Å²) in [5.74, 6) is 0.0157. The number of carbonyl (C=O) groups is 1. The lowest BCUT2D eigenvalue weighted by molar-refractivity contribution is -0.171. The third-order valence-corrected chi connectivity index (χ3v) is 2.13. The maximum atomic E-state index is 11.4. The van der Waals surface area contributed by atoms with Gasteiger partial charge in [-0.25, -0.2) is 5.06 Å². The number of carbonyl (C=O) groups excluding carboxylic acids is 1. The predicted octanol–water partition coefficient (Wildman–Crippen LogP) is 0.380. The van der Waals surface area contributed by atoms with E-state index in [2.05, 4.69) is 0 Å². The maximum absolute atomic E-state index is 11.4. The van der Waals surface area contributed by atoms with Gasteiger partial charge < -0.3 is 5.73 Å². The monoisotopic (exact) mass is 174 g/mol. The number of nitrogens with zero attached hydrogens (tertiary/aromatic N) is 1. The Kier molecular flexibility index (Phi) is 4.85. The second-order valence-electron chi connectivity index (χ2n) is 2.93. The Labute approximate surface area is 73.6 Å². The van der Waals surface area contributed by atoms with Gasteiger partial charge in [0.1, 0.15) is 0 Å². The number of hydrogen-bond acceptors (Lipinski definition) is 3. The van der Waals surface area contributed by atoms with Crippen LogP contribution in [0, 0.1) is 5.92 Å². The van der Waals surface area contributed by atoms with Gasteiger partial charge >= 0.3 is 0 Å². The van der Waals surface area contributed by atoms with Crippen LogP contribution < -0.4 is 5.73 Å². The lowest BCUT2D eigenvalue weighted by atomic mass is 9.99. The fraction of sp³-hybridized carbons (Fsp3) is 0.875. The third-order valence-electron chi connectivity index (χ3n) is 2.13. The Hall–Kier alpha value is -0.610. The molecule has 0 saturated heterocycles. The summed E-state index contributed by atoms with van der Waals surface area (Å²) in [6.45, 7) is 3.96. The Morgan fingerprint density at radius 1 is 1.67 bits per heavy atom.